The van der Waals surface area contributed by atoms with Gasteiger partial charge in [-0.15, -0.1) is 0 Å². The van der Waals surface area contributed by atoms with Gasteiger partial charge in [0.05, 0.1) is 28.0 Å². The fourth-order valence-corrected chi connectivity index (χ4v) is 2.48. The van der Waals surface area contributed by atoms with E-state index in [1.807, 2.05) is 0 Å². The predicted molar refractivity (Wildman–Crippen MR) is 78.1 cm³/mol. The van der Waals surface area contributed by atoms with Crippen LogP contribution in [0, 0.1) is 0 Å². The van der Waals surface area contributed by atoms with Crippen LogP contribution in [0.25, 0.3) is 5.52 Å². The smallest absolute Gasteiger partial charge is 0.252 e. The third kappa shape index (κ3) is 3.78. The fraction of sp³-hybridized carbons (Fsp3) is 0.273. The molecule has 9 heteroatoms. The van der Waals surface area contributed by atoms with Crippen molar-refractivity contribution in [3.63, 3.8) is 0 Å². The maximum atomic E-state index is 11.9. The molecule has 0 unspecified atom stereocenters. The molecule has 0 aliphatic carbocycles. The molecule has 0 saturated heterocycles. The van der Waals surface area contributed by atoms with Gasteiger partial charge in [-0.1, -0.05) is 0 Å². The van der Waals surface area contributed by atoms with E-state index in [2.05, 4.69) is 31.1 Å². The van der Waals surface area contributed by atoms with Crippen molar-refractivity contribution in [1.82, 2.24) is 19.7 Å². The molecule has 0 fully saturated rings. The average molecular weight is 361 g/mol. The summed E-state index contributed by atoms with van der Waals surface area (Å²) >= 11 is 3.35. The summed E-state index contributed by atoms with van der Waals surface area (Å²) in [4.78, 5) is 11.9. The molecule has 1 amide bonds. The predicted octanol–water partition coefficient (Wildman–Crippen LogP) is 0.376. The Kier molecular flexibility index (Phi) is 4.41. The van der Waals surface area contributed by atoms with E-state index >= 15 is 0 Å². The minimum atomic E-state index is -3.23. The second-order valence-electron chi connectivity index (χ2n) is 4.16. The molecule has 2 N–H and O–H groups in total. The van der Waals surface area contributed by atoms with Crippen molar-refractivity contribution in [2.24, 2.45) is 0 Å². The van der Waals surface area contributed by atoms with E-state index < -0.39 is 10.0 Å². The Morgan fingerprint density at radius 3 is 2.85 bits per heavy atom. The Bertz CT molecular complexity index is 741. The molecular formula is C11H13BrN4O3S. The van der Waals surface area contributed by atoms with Gasteiger partial charge in [-0.25, -0.2) is 17.7 Å². The van der Waals surface area contributed by atoms with Crippen LogP contribution < -0.4 is 10.0 Å². The van der Waals surface area contributed by atoms with Crippen LogP contribution in [0.4, 0.5) is 0 Å². The molecule has 2 aromatic heterocycles. The Morgan fingerprint density at radius 1 is 1.40 bits per heavy atom. The first-order valence-electron chi connectivity index (χ1n) is 5.72. The molecule has 2 aromatic rings. The van der Waals surface area contributed by atoms with Gasteiger partial charge >= 0.3 is 0 Å². The summed E-state index contributed by atoms with van der Waals surface area (Å²) in [6.45, 7) is 0.368. The quantitative estimate of drug-likeness (QED) is 0.753. The zero-order valence-corrected chi connectivity index (χ0v) is 13.0. The summed E-state index contributed by atoms with van der Waals surface area (Å²) in [7, 11) is -3.23. The first kappa shape index (κ1) is 14.9. The molecule has 2 rings (SSSR count). The van der Waals surface area contributed by atoms with Gasteiger partial charge in [0, 0.05) is 19.3 Å². The molecule has 0 bridgehead atoms. The number of halogens is 1. The second-order valence-corrected chi connectivity index (χ2v) is 6.85. The number of pyridine rings is 1. The largest absolute Gasteiger partial charge is 0.351 e. The number of hydrogen-bond acceptors (Lipinski definition) is 4. The van der Waals surface area contributed by atoms with Crippen LogP contribution in [-0.2, 0) is 10.0 Å². The third-order valence-electron chi connectivity index (χ3n) is 2.51. The van der Waals surface area contributed by atoms with E-state index in [9.17, 15) is 13.2 Å². The standard InChI is InChI=1S/C11H13BrN4O3S/c1-20(18,19)15-5-4-13-11(17)8-2-3-10-9(12)6-14-16(10)7-8/h2-3,6-7,15H,4-5H2,1H3,(H,13,17). The summed E-state index contributed by atoms with van der Waals surface area (Å²) in [6.07, 6.45) is 4.32. The van der Waals surface area contributed by atoms with Gasteiger partial charge in [-0.05, 0) is 28.1 Å². The number of carbonyl (C=O) groups excluding carboxylic acids is 1. The van der Waals surface area contributed by atoms with Crippen molar-refractivity contribution in [3.05, 3.63) is 34.6 Å². The van der Waals surface area contributed by atoms with Gasteiger partial charge in [-0.2, -0.15) is 5.10 Å². The van der Waals surface area contributed by atoms with Crippen LogP contribution in [0.15, 0.2) is 29.0 Å². The zero-order valence-electron chi connectivity index (χ0n) is 10.6. The Hall–Kier alpha value is -1.45. The molecule has 0 aliphatic rings. The fourth-order valence-electron chi connectivity index (χ4n) is 1.60. The number of fused-ring (bicyclic) bond motifs is 1. The lowest BCUT2D eigenvalue weighted by atomic mass is 10.2. The highest BCUT2D eigenvalue weighted by Gasteiger charge is 2.08. The monoisotopic (exact) mass is 360 g/mol. The minimum absolute atomic E-state index is 0.153. The van der Waals surface area contributed by atoms with Crippen molar-refractivity contribution >= 4 is 37.4 Å². The normalized spacial score (nSPS) is 11.7. The number of sulfonamides is 1. The van der Waals surface area contributed by atoms with Crippen LogP contribution >= 0.6 is 15.9 Å². The Balaban J connectivity index is 1.97. The number of amides is 1. The van der Waals surface area contributed by atoms with Crippen molar-refractivity contribution in [1.29, 1.82) is 0 Å². The Labute approximate surface area is 124 Å². The summed E-state index contributed by atoms with van der Waals surface area (Å²) < 4.78 is 26.4. The van der Waals surface area contributed by atoms with E-state index in [-0.39, 0.29) is 19.0 Å². The van der Waals surface area contributed by atoms with Gasteiger partial charge in [0.1, 0.15) is 0 Å². The van der Waals surface area contributed by atoms with Crippen LogP contribution in [0.2, 0.25) is 0 Å². The topological polar surface area (TPSA) is 92.6 Å². The van der Waals surface area contributed by atoms with Crippen molar-refractivity contribution in [3.8, 4) is 0 Å². The van der Waals surface area contributed by atoms with Crippen molar-refractivity contribution in [2.45, 2.75) is 0 Å². The average Bonchev–Trinajstić information content (AvgIpc) is 2.74. The van der Waals surface area contributed by atoms with E-state index in [4.69, 9.17) is 0 Å². The molecule has 0 atom stereocenters. The lowest BCUT2D eigenvalue weighted by Gasteiger charge is -2.06. The number of nitrogens with one attached hydrogen (secondary N) is 2. The highest BCUT2D eigenvalue weighted by Crippen LogP contribution is 2.17. The first-order valence-corrected chi connectivity index (χ1v) is 8.41. The molecule has 0 saturated carbocycles. The van der Waals surface area contributed by atoms with Gasteiger partial charge < -0.3 is 5.32 Å². The number of carbonyl (C=O) groups is 1. The number of nitrogens with zero attached hydrogens (tertiary/aromatic N) is 2. The lowest BCUT2D eigenvalue weighted by Crippen LogP contribution is -2.34. The van der Waals surface area contributed by atoms with Crippen molar-refractivity contribution in [2.75, 3.05) is 19.3 Å². The zero-order chi connectivity index (χ0) is 14.8. The van der Waals surface area contributed by atoms with Gasteiger partial charge in [0.15, 0.2) is 0 Å². The Morgan fingerprint density at radius 2 is 2.15 bits per heavy atom. The molecule has 0 spiro atoms. The molecule has 20 heavy (non-hydrogen) atoms. The molecule has 0 radical (unpaired) electrons. The van der Waals surface area contributed by atoms with Crippen LogP contribution in [0.1, 0.15) is 10.4 Å². The molecule has 0 aliphatic heterocycles. The highest BCUT2D eigenvalue weighted by molar-refractivity contribution is 9.10. The summed E-state index contributed by atoms with van der Waals surface area (Å²) in [6, 6.07) is 3.46. The molecule has 2 heterocycles. The minimum Gasteiger partial charge on any atom is -0.351 e. The van der Waals surface area contributed by atoms with E-state index in [0.717, 1.165) is 16.2 Å². The van der Waals surface area contributed by atoms with Gasteiger partial charge in [0.25, 0.3) is 5.91 Å². The third-order valence-corrected chi connectivity index (χ3v) is 3.85. The van der Waals surface area contributed by atoms with Crippen LogP contribution in [0.3, 0.4) is 0 Å². The van der Waals surface area contributed by atoms with Gasteiger partial charge in [-0.3, -0.25) is 4.79 Å². The van der Waals surface area contributed by atoms with Crippen LogP contribution in [0.5, 0.6) is 0 Å². The maximum Gasteiger partial charge on any atom is 0.252 e. The molecule has 0 aromatic carbocycles. The van der Waals surface area contributed by atoms with Crippen LogP contribution in [-0.4, -0.2) is 43.3 Å². The van der Waals surface area contributed by atoms with E-state index in [1.165, 1.54) is 0 Å². The van der Waals surface area contributed by atoms with E-state index in [0.29, 0.717) is 5.56 Å². The SMILES string of the molecule is CS(=O)(=O)NCCNC(=O)c1ccc2c(Br)cnn2c1. The summed E-state index contributed by atoms with van der Waals surface area (Å²) in [5.74, 6) is -0.283. The van der Waals surface area contributed by atoms with E-state index in [1.54, 1.807) is 29.0 Å². The number of aromatic nitrogens is 2. The second kappa shape index (κ2) is 5.90. The highest BCUT2D eigenvalue weighted by atomic mass is 79.9. The number of hydrogen-bond donors (Lipinski definition) is 2. The molecule has 7 nitrogen and oxygen atoms in total. The maximum absolute atomic E-state index is 11.9. The molecular weight excluding hydrogens is 348 g/mol. The number of rotatable bonds is 5. The summed E-state index contributed by atoms with van der Waals surface area (Å²) in [5, 5.41) is 6.71. The summed E-state index contributed by atoms with van der Waals surface area (Å²) in [5.41, 5.74) is 1.31. The first-order chi connectivity index (χ1) is 9.37. The van der Waals surface area contributed by atoms with Crippen molar-refractivity contribution < 1.29 is 13.2 Å². The molecule has 108 valence electrons. The lowest BCUT2D eigenvalue weighted by molar-refractivity contribution is 0.0954. The van der Waals surface area contributed by atoms with Gasteiger partial charge in [0.2, 0.25) is 10.0 Å².